The molecule has 1 aromatic rings. The SMILES string of the molecule is CCC(C)N1c2ccccc2NCC1C. The molecular formula is C13H20N2. The summed E-state index contributed by atoms with van der Waals surface area (Å²) in [6.45, 7) is 7.89. The maximum atomic E-state index is 3.48. The second-order valence-electron chi connectivity index (χ2n) is 4.41. The van der Waals surface area contributed by atoms with Crippen LogP contribution in [-0.2, 0) is 0 Å². The normalized spacial score (nSPS) is 21.8. The third kappa shape index (κ3) is 1.81. The fraction of sp³-hybridized carbons (Fsp3) is 0.538. The molecule has 0 amide bonds. The molecule has 0 radical (unpaired) electrons. The number of hydrogen-bond acceptors (Lipinski definition) is 2. The number of rotatable bonds is 2. The van der Waals surface area contributed by atoms with Crippen molar-refractivity contribution in [3.05, 3.63) is 24.3 Å². The zero-order valence-electron chi connectivity index (χ0n) is 9.83. The van der Waals surface area contributed by atoms with Crippen molar-refractivity contribution in [3.8, 4) is 0 Å². The van der Waals surface area contributed by atoms with Crippen LogP contribution in [0, 0.1) is 0 Å². The van der Waals surface area contributed by atoms with E-state index >= 15 is 0 Å². The van der Waals surface area contributed by atoms with E-state index in [1.165, 1.54) is 17.8 Å². The van der Waals surface area contributed by atoms with E-state index in [1.807, 2.05) is 0 Å². The van der Waals surface area contributed by atoms with Gasteiger partial charge >= 0.3 is 0 Å². The standard InChI is InChI=1S/C13H20N2/c1-4-10(2)15-11(3)9-14-12-7-5-6-8-13(12)15/h5-8,10-11,14H,4,9H2,1-3H3. The second-order valence-corrected chi connectivity index (χ2v) is 4.41. The maximum absolute atomic E-state index is 3.48. The van der Waals surface area contributed by atoms with Gasteiger partial charge in [-0.15, -0.1) is 0 Å². The first-order chi connectivity index (χ1) is 7.24. The van der Waals surface area contributed by atoms with Crippen LogP contribution in [0.25, 0.3) is 0 Å². The topological polar surface area (TPSA) is 15.3 Å². The molecule has 0 saturated heterocycles. The van der Waals surface area contributed by atoms with Crippen molar-refractivity contribution in [1.29, 1.82) is 0 Å². The first kappa shape index (κ1) is 10.3. The van der Waals surface area contributed by atoms with Crippen LogP contribution in [0.2, 0.25) is 0 Å². The average molecular weight is 204 g/mol. The molecule has 2 nitrogen and oxygen atoms in total. The van der Waals surface area contributed by atoms with Crippen LogP contribution in [0.15, 0.2) is 24.3 Å². The molecule has 1 aliphatic rings. The quantitative estimate of drug-likeness (QED) is 0.796. The average Bonchev–Trinajstić information content (AvgIpc) is 2.28. The van der Waals surface area contributed by atoms with Crippen molar-refractivity contribution in [2.75, 3.05) is 16.8 Å². The zero-order chi connectivity index (χ0) is 10.8. The van der Waals surface area contributed by atoms with E-state index < -0.39 is 0 Å². The van der Waals surface area contributed by atoms with Gasteiger partial charge in [-0.1, -0.05) is 19.1 Å². The molecule has 2 unspecified atom stereocenters. The highest BCUT2D eigenvalue weighted by Crippen LogP contribution is 2.33. The molecule has 1 N–H and O–H groups in total. The third-order valence-corrected chi connectivity index (χ3v) is 3.31. The van der Waals surface area contributed by atoms with Crippen molar-refractivity contribution in [2.45, 2.75) is 39.3 Å². The molecule has 0 aliphatic carbocycles. The maximum Gasteiger partial charge on any atom is 0.0607 e. The van der Waals surface area contributed by atoms with E-state index in [0.29, 0.717) is 12.1 Å². The molecule has 0 aromatic heterocycles. The summed E-state index contributed by atoms with van der Waals surface area (Å²) < 4.78 is 0. The van der Waals surface area contributed by atoms with Gasteiger partial charge in [0.15, 0.2) is 0 Å². The number of anilines is 2. The lowest BCUT2D eigenvalue weighted by Gasteiger charge is -2.41. The lowest BCUT2D eigenvalue weighted by molar-refractivity contribution is 0.541. The molecule has 1 heterocycles. The van der Waals surface area contributed by atoms with Gasteiger partial charge in [-0.2, -0.15) is 0 Å². The fourth-order valence-corrected chi connectivity index (χ4v) is 2.31. The predicted octanol–water partition coefficient (Wildman–Crippen LogP) is 3.11. The highest BCUT2D eigenvalue weighted by molar-refractivity contribution is 5.72. The Morgan fingerprint density at radius 3 is 2.93 bits per heavy atom. The Morgan fingerprint density at radius 2 is 2.20 bits per heavy atom. The smallest absolute Gasteiger partial charge is 0.0607 e. The van der Waals surface area contributed by atoms with E-state index in [1.54, 1.807) is 0 Å². The number of hydrogen-bond donors (Lipinski definition) is 1. The molecule has 2 rings (SSSR count). The van der Waals surface area contributed by atoms with Gasteiger partial charge in [-0.25, -0.2) is 0 Å². The van der Waals surface area contributed by atoms with Crippen molar-refractivity contribution in [3.63, 3.8) is 0 Å². The molecular weight excluding hydrogens is 184 g/mol. The van der Waals surface area contributed by atoms with Crippen molar-refractivity contribution < 1.29 is 0 Å². The predicted molar refractivity (Wildman–Crippen MR) is 66.6 cm³/mol. The fourth-order valence-electron chi connectivity index (χ4n) is 2.31. The molecule has 0 bridgehead atoms. The Balaban J connectivity index is 2.37. The number of nitrogens with zero attached hydrogens (tertiary/aromatic N) is 1. The van der Waals surface area contributed by atoms with Gasteiger partial charge in [-0.3, -0.25) is 0 Å². The lowest BCUT2D eigenvalue weighted by Crippen LogP contribution is -2.46. The van der Waals surface area contributed by atoms with Crippen LogP contribution in [0.4, 0.5) is 11.4 Å². The second kappa shape index (κ2) is 4.13. The van der Waals surface area contributed by atoms with Gasteiger partial charge in [0.2, 0.25) is 0 Å². The van der Waals surface area contributed by atoms with Crippen LogP contribution in [0.5, 0.6) is 0 Å². The van der Waals surface area contributed by atoms with Gasteiger partial charge in [0.05, 0.1) is 11.4 Å². The minimum absolute atomic E-state index is 0.579. The summed E-state index contributed by atoms with van der Waals surface area (Å²) in [5, 5.41) is 3.48. The highest BCUT2D eigenvalue weighted by atomic mass is 15.2. The first-order valence-corrected chi connectivity index (χ1v) is 5.85. The van der Waals surface area contributed by atoms with Crippen LogP contribution < -0.4 is 10.2 Å². The van der Waals surface area contributed by atoms with Gasteiger partial charge in [0, 0.05) is 18.6 Å². The van der Waals surface area contributed by atoms with E-state index in [4.69, 9.17) is 0 Å². The summed E-state index contributed by atoms with van der Waals surface area (Å²) in [6, 6.07) is 9.78. The molecule has 1 aromatic carbocycles. The summed E-state index contributed by atoms with van der Waals surface area (Å²) in [5.74, 6) is 0. The van der Waals surface area contributed by atoms with Gasteiger partial charge in [0.25, 0.3) is 0 Å². The zero-order valence-corrected chi connectivity index (χ0v) is 9.83. The third-order valence-electron chi connectivity index (χ3n) is 3.31. The summed E-state index contributed by atoms with van der Waals surface area (Å²) >= 11 is 0. The Labute approximate surface area is 92.3 Å². The number of benzene rings is 1. The Bertz CT molecular complexity index is 335. The highest BCUT2D eigenvalue weighted by Gasteiger charge is 2.25. The minimum atomic E-state index is 0.579. The molecule has 0 fully saturated rings. The van der Waals surface area contributed by atoms with Gasteiger partial charge < -0.3 is 10.2 Å². The van der Waals surface area contributed by atoms with Crippen LogP contribution in [-0.4, -0.2) is 18.6 Å². The van der Waals surface area contributed by atoms with E-state index in [-0.39, 0.29) is 0 Å². The first-order valence-electron chi connectivity index (χ1n) is 5.85. The summed E-state index contributed by atoms with van der Waals surface area (Å²) in [5.41, 5.74) is 2.63. The Kier molecular flexibility index (Phi) is 2.85. The molecule has 1 aliphatic heterocycles. The van der Waals surface area contributed by atoms with E-state index in [0.717, 1.165) is 6.54 Å². The van der Waals surface area contributed by atoms with Crippen molar-refractivity contribution >= 4 is 11.4 Å². The molecule has 0 spiro atoms. The van der Waals surface area contributed by atoms with Crippen molar-refractivity contribution in [1.82, 2.24) is 0 Å². The van der Waals surface area contributed by atoms with Crippen LogP contribution in [0.1, 0.15) is 27.2 Å². The minimum Gasteiger partial charge on any atom is -0.381 e. The van der Waals surface area contributed by atoms with E-state index in [9.17, 15) is 0 Å². The molecule has 15 heavy (non-hydrogen) atoms. The summed E-state index contributed by atoms with van der Waals surface area (Å²) in [7, 11) is 0. The van der Waals surface area contributed by atoms with Crippen LogP contribution in [0.3, 0.4) is 0 Å². The van der Waals surface area contributed by atoms with E-state index in [2.05, 4.69) is 55.3 Å². The monoisotopic (exact) mass is 204 g/mol. The van der Waals surface area contributed by atoms with Gasteiger partial charge in [0.1, 0.15) is 0 Å². The lowest BCUT2D eigenvalue weighted by atomic mass is 10.1. The number of para-hydroxylation sites is 2. The summed E-state index contributed by atoms with van der Waals surface area (Å²) in [4.78, 5) is 2.53. The largest absolute Gasteiger partial charge is 0.381 e. The van der Waals surface area contributed by atoms with Crippen molar-refractivity contribution in [2.24, 2.45) is 0 Å². The van der Waals surface area contributed by atoms with Crippen LogP contribution >= 0.6 is 0 Å². The molecule has 2 heteroatoms. The molecule has 82 valence electrons. The number of nitrogens with one attached hydrogen (secondary N) is 1. The molecule has 2 atom stereocenters. The Morgan fingerprint density at radius 1 is 1.47 bits per heavy atom. The molecule has 0 saturated carbocycles. The Hall–Kier alpha value is -1.18. The number of fused-ring (bicyclic) bond motifs is 1. The van der Waals surface area contributed by atoms with Gasteiger partial charge in [-0.05, 0) is 32.4 Å². The summed E-state index contributed by atoms with van der Waals surface area (Å²) in [6.07, 6.45) is 1.19.